The highest BCUT2D eigenvalue weighted by Gasteiger charge is 2.19. The van der Waals surface area contributed by atoms with Crippen LogP contribution in [0.15, 0.2) is 33.4 Å². The molecule has 2 aromatic heterocycles. The fourth-order valence-corrected chi connectivity index (χ4v) is 1.94. The number of hydrogen-bond donors (Lipinski definition) is 3. The first-order valence-electron chi connectivity index (χ1n) is 4.81. The van der Waals surface area contributed by atoms with Crippen molar-refractivity contribution in [2.24, 2.45) is 5.84 Å². The molecule has 4 N–H and O–H groups in total. The van der Waals surface area contributed by atoms with Gasteiger partial charge in [0.15, 0.2) is 10.2 Å². The third kappa shape index (κ3) is 3.02. The van der Waals surface area contributed by atoms with Crippen molar-refractivity contribution in [1.82, 2.24) is 19.9 Å². The Labute approximate surface area is 109 Å². The number of nitrogens with one attached hydrogen (secondary N) is 2. The Morgan fingerprint density at radius 1 is 1.47 bits per heavy atom. The number of aromatic nitrogens is 4. The quantitative estimate of drug-likeness (QED) is 0.229. The van der Waals surface area contributed by atoms with Gasteiger partial charge in [0, 0.05) is 12.3 Å². The number of hydrazine groups is 1. The van der Waals surface area contributed by atoms with E-state index in [1.807, 2.05) is 0 Å². The molecule has 2 heterocycles. The highest BCUT2D eigenvalue weighted by atomic mass is 32.2. The second-order valence-electron chi connectivity index (χ2n) is 3.13. The maximum atomic E-state index is 11.1. The SMILES string of the molecule is NNc1ncc([N+](=O)[O-])c(Sc2nccc(=O)[nH]2)n1. The van der Waals surface area contributed by atoms with E-state index in [0.29, 0.717) is 0 Å². The van der Waals surface area contributed by atoms with Gasteiger partial charge in [-0.25, -0.2) is 15.8 Å². The summed E-state index contributed by atoms with van der Waals surface area (Å²) in [4.78, 5) is 35.1. The van der Waals surface area contributed by atoms with E-state index in [4.69, 9.17) is 5.84 Å². The largest absolute Gasteiger partial charge is 0.320 e. The summed E-state index contributed by atoms with van der Waals surface area (Å²) in [5.74, 6) is 5.15. The van der Waals surface area contributed by atoms with Gasteiger partial charge in [-0.05, 0) is 11.8 Å². The molecule has 0 aliphatic heterocycles. The Morgan fingerprint density at radius 2 is 2.26 bits per heavy atom. The number of nitrogen functional groups attached to an aromatic ring is 1. The Kier molecular flexibility index (Phi) is 3.68. The van der Waals surface area contributed by atoms with Crippen molar-refractivity contribution in [2.75, 3.05) is 5.43 Å². The van der Waals surface area contributed by atoms with E-state index in [0.717, 1.165) is 18.0 Å². The molecule has 0 saturated carbocycles. The lowest BCUT2D eigenvalue weighted by atomic mass is 10.5. The molecule has 0 unspecified atom stereocenters. The number of nitrogens with two attached hydrogens (primary N) is 1. The second-order valence-corrected chi connectivity index (χ2v) is 4.10. The van der Waals surface area contributed by atoms with Crippen LogP contribution in [0.5, 0.6) is 0 Å². The van der Waals surface area contributed by atoms with Crippen LogP contribution in [-0.2, 0) is 0 Å². The van der Waals surface area contributed by atoms with Crippen LogP contribution >= 0.6 is 11.8 Å². The van der Waals surface area contributed by atoms with Crippen molar-refractivity contribution >= 4 is 23.4 Å². The van der Waals surface area contributed by atoms with Crippen LogP contribution in [0, 0.1) is 10.1 Å². The molecular formula is C8H7N7O3S. The van der Waals surface area contributed by atoms with Gasteiger partial charge >= 0.3 is 5.69 Å². The van der Waals surface area contributed by atoms with Crippen molar-refractivity contribution in [3.8, 4) is 0 Å². The number of nitrogens with zero attached hydrogens (tertiary/aromatic N) is 4. The van der Waals surface area contributed by atoms with Crippen LogP contribution in [0.1, 0.15) is 0 Å². The van der Waals surface area contributed by atoms with E-state index < -0.39 is 4.92 Å². The molecule has 0 atom stereocenters. The summed E-state index contributed by atoms with van der Waals surface area (Å²) in [5, 5.41) is 11.0. The number of nitro groups is 1. The molecule has 10 nitrogen and oxygen atoms in total. The number of H-pyrrole nitrogens is 1. The first kappa shape index (κ1) is 12.9. The summed E-state index contributed by atoms with van der Waals surface area (Å²) in [7, 11) is 0. The minimum absolute atomic E-state index is 0.0160. The number of hydrogen-bond acceptors (Lipinski definition) is 9. The van der Waals surface area contributed by atoms with Crippen LogP contribution in [0.2, 0.25) is 0 Å². The molecule has 0 radical (unpaired) electrons. The van der Waals surface area contributed by atoms with E-state index in [1.54, 1.807) is 0 Å². The Bertz CT molecular complexity index is 673. The van der Waals surface area contributed by atoms with E-state index in [-0.39, 0.29) is 27.4 Å². The van der Waals surface area contributed by atoms with E-state index in [9.17, 15) is 14.9 Å². The lowest BCUT2D eigenvalue weighted by molar-refractivity contribution is -0.388. The van der Waals surface area contributed by atoms with Gasteiger partial charge in [-0.3, -0.25) is 20.3 Å². The normalized spacial score (nSPS) is 10.2. The van der Waals surface area contributed by atoms with Gasteiger partial charge in [-0.1, -0.05) is 0 Å². The van der Waals surface area contributed by atoms with Gasteiger partial charge in [0.1, 0.15) is 6.20 Å². The summed E-state index contributed by atoms with van der Waals surface area (Å²) in [6.07, 6.45) is 2.31. The van der Waals surface area contributed by atoms with E-state index >= 15 is 0 Å². The van der Waals surface area contributed by atoms with Crippen LogP contribution in [0.25, 0.3) is 0 Å². The zero-order chi connectivity index (χ0) is 13.8. The van der Waals surface area contributed by atoms with Gasteiger partial charge in [0.25, 0.3) is 5.56 Å². The van der Waals surface area contributed by atoms with E-state index in [1.165, 1.54) is 12.3 Å². The first-order chi connectivity index (χ1) is 9.10. The fourth-order valence-electron chi connectivity index (χ4n) is 1.13. The third-order valence-electron chi connectivity index (χ3n) is 1.90. The molecular weight excluding hydrogens is 274 g/mol. The second kappa shape index (κ2) is 5.41. The van der Waals surface area contributed by atoms with Crippen LogP contribution in [-0.4, -0.2) is 24.9 Å². The third-order valence-corrected chi connectivity index (χ3v) is 2.80. The molecule has 0 fully saturated rings. The fraction of sp³-hybridized carbons (Fsp3) is 0. The lowest BCUT2D eigenvalue weighted by Crippen LogP contribution is -2.11. The Hall–Kier alpha value is -2.53. The highest BCUT2D eigenvalue weighted by Crippen LogP contribution is 2.30. The predicted molar refractivity (Wildman–Crippen MR) is 65.5 cm³/mol. The minimum atomic E-state index is -0.635. The van der Waals surface area contributed by atoms with Gasteiger partial charge in [0.05, 0.1) is 4.92 Å². The molecule has 0 bridgehead atoms. The Morgan fingerprint density at radius 3 is 2.89 bits per heavy atom. The highest BCUT2D eigenvalue weighted by molar-refractivity contribution is 7.99. The smallest absolute Gasteiger partial charge is 0.301 e. The van der Waals surface area contributed by atoms with Crippen molar-refractivity contribution in [3.05, 3.63) is 38.9 Å². The summed E-state index contributed by atoms with van der Waals surface area (Å²) in [6.45, 7) is 0. The molecule has 0 aliphatic rings. The van der Waals surface area contributed by atoms with E-state index in [2.05, 4.69) is 25.4 Å². The number of aromatic amines is 1. The van der Waals surface area contributed by atoms with Crippen molar-refractivity contribution < 1.29 is 4.92 Å². The molecule has 2 rings (SSSR count). The molecule has 2 aromatic rings. The first-order valence-corrected chi connectivity index (χ1v) is 5.63. The maximum absolute atomic E-state index is 11.1. The monoisotopic (exact) mass is 281 g/mol. The minimum Gasteiger partial charge on any atom is -0.301 e. The number of anilines is 1. The maximum Gasteiger partial charge on any atom is 0.320 e. The van der Waals surface area contributed by atoms with Gasteiger partial charge in [-0.2, -0.15) is 4.98 Å². The topological polar surface area (TPSA) is 153 Å². The van der Waals surface area contributed by atoms with Crippen LogP contribution < -0.4 is 16.8 Å². The molecule has 0 aliphatic carbocycles. The van der Waals surface area contributed by atoms with Crippen molar-refractivity contribution in [2.45, 2.75) is 10.2 Å². The average molecular weight is 281 g/mol. The standard InChI is InChI=1S/C8H7N7O3S/c9-14-7-11-3-4(15(17)18)6(13-7)19-8-10-2-1-5(16)12-8/h1-3H,9H2,(H,10,12,16)(H,11,13,14). The van der Waals surface area contributed by atoms with Crippen LogP contribution in [0.4, 0.5) is 11.6 Å². The van der Waals surface area contributed by atoms with Gasteiger partial charge in [-0.15, -0.1) is 0 Å². The zero-order valence-corrected chi connectivity index (χ0v) is 10.0. The lowest BCUT2D eigenvalue weighted by Gasteiger charge is -2.03. The summed E-state index contributed by atoms with van der Waals surface area (Å²) < 4.78 is 0. The summed E-state index contributed by atoms with van der Waals surface area (Å²) in [5.41, 5.74) is 1.50. The average Bonchev–Trinajstić information content (AvgIpc) is 2.38. The molecule has 0 aromatic carbocycles. The Balaban J connectivity index is 2.42. The molecule has 0 amide bonds. The number of rotatable bonds is 4. The van der Waals surface area contributed by atoms with Gasteiger partial charge in [0.2, 0.25) is 5.95 Å². The molecule has 19 heavy (non-hydrogen) atoms. The van der Waals surface area contributed by atoms with Crippen LogP contribution in [0.3, 0.4) is 0 Å². The molecule has 0 spiro atoms. The summed E-state index contributed by atoms with van der Waals surface area (Å²) in [6, 6.07) is 1.23. The van der Waals surface area contributed by atoms with Crippen molar-refractivity contribution in [3.63, 3.8) is 0 Å². The van der Waals surface area contributed by atoms with Gasteiger partial charge < -0.3 is 4.98 Å². The van der Waals surface area contributed by atoms with Crippen molar-refractivity contribution in [1.29, 1.82) is 0 Å². The molecule has 0 saturated heterocycles. The predicted octanol–water partition coefficient (Wildman–Crippen LogP) is -0.0951. The summed E-state index contributed by atoms with van der Waals surface area (Å²) >= 11 is 0.831. The molecule has 98 valence electrons. The zero-order valence-electron chi connectivity index (χ0n) is 9.23. The molecule has 11 heteroatoms.